The highest BCUT2D eigenvalue weighted by Gasteiger charge is 2.25. The minimum atomic E-state index is -0.678. The first-order valence-electron chi connectivity index (χ1n) is 11.7. The van der Waals surface area contributed by atoms with Gasteiger partial charge in [0.1, 0.15) is 29.3 Å². The number of nitrogens with zero attached hydrogens (tertiary/aromatic N) is 3. The van der Waals surface area contributed by atoms with Crippen LogP contribution in [0.4, 0.5) is 20.5 Å². The first-order chi connectivity index (χ1) is 16.5. The van der Waals surface area contributed by atoms with Gasteiger partial charge in [-0.3, -0.25) is 4.79 Å². The van der Waals surface area contributed by atoms with E-state index in [0.717, 1.165) is 31.7 Å². The lowest BCUT2D eigenvalue weighted by molar-refractivity contribution is -0.122. The van der Waals surface area contributed by atoms with E-state index in [2.05, 4.69) is 25.9 Å². The molecule has 0 radical (unpaired) electrons. The summed E-state index contributed by atoms with van der Waals surface area (Å²) in [6, 6.07) is 8.41. The van der Waals surface area contributed by atoms with Crippen LogP contribution in [0.2, 0.25) is 0 Å². The van der Waals surface area contributed by atoms with Crippen LogP contribution in [0.15, 0.2) is 48.8 Å². The maximum absolute atomic E-state index is 14.1. The fraction of sp³-hybridized carbons (Fsp3) is 0.400. The van der Waals surface area contributed by atoms with Gasteiger partial charge in [0.15, 0.2) is 0 Å². The van der Waals surface area contributed by atoms with E-state index in [0.29, 0.717) is 29.9 Å². The molecule has 34 heavy (non-hydrogen) atoms. The van der Waals surface area contributed by atoms with Crippen LogP contribution in [0.25, 0.3) is 5.82 Å². The fourth-order valence-electron chi connectivity index (χ4n) is 4.38. The Labute approximate surface area is 198 Å². The number of hydrogen-bond acceptors (Lipinski definition) is 5. The average molecular weight is 469 g/mol. The highest BCUT2D eigenvalue weighted by Crippen LogP contribution is 2.28. The molecular formula is C25H30F2N6O. The minimum absolute atomic E-state index is 0.0199. The van der Waals surface area contributed by atoms with Crippen molar-refractivity contribution in [1.29, 1.82) is 0 Å². The highest BCUT2D eigenvalue weighted by atomic mass is 19.1. The topological polar surface area (TPSA) is 83.9 Å². The number of benzene rings is 1. The summed E-state index contributed by atoms with van der Waals surface area (Å²) in [7, 11) is 1.74. The Morgan fingerprint density at radius 1 is 1.12 bits per heavy atom. The van der Waals surface area contributed by atoms with E-state index in [1.54, 1.807) is 13.1 Å². The molecule has 1 unspecified atom stereocenters. The number of carbonyl (C=O) groups excluding carboxylic acids is 1. The number of rotatable bonds is 9. The monoisotopic (exact) mass is 468 g/mol. The Morgan fingerprint density at radius 2 is 1.88 bits per heavy atom. The summed E-state index contributed by atoms with van der Waals surface area (Å²) in [5, 5.41) is 9.07. The van der Waals surface area contributed by atoms with E-state index in [1.807, 2.05) is 29.1 Å². The van der Waals surface area contributed by atoms with Crippen molar-refractivity contribution in [2.24, 2.45) is 5.92 Å². The van der Waals surface area contributed by atoms with Crippen molar-refractivity contribution < 1.29 is 13.6 Å². The van der Waals surface area contributed by atoms with Gasteiger partial charge in [-0.1, -0.05) is 38.2 Å². The predicted octanol–water partition coefficient (Wildman–Crippen LogP) is 4.65. The molecule has 1 atom stereocenters. The molecule has 0 aliphatic heterocycles. The van der Waals surface area contributed by atoms with Gasteiger partial charge in [-0.2, -0.15) is 9.97 Å². The first kappa shape index (κ1) is 23.7. The third-order valence-electron chi connectivity index (χ3n) is 6.21. The molecule has 1 aliphatic rings. The lowest BCUT2D eigenvalue weighted by Crippen LogP contribution is -2.41. The number of amides is 1. The summed E-state index contributed by atoms with van der Waals surface area (Å²) in [5.41, 5.74) is 0.237. The third-order valence-corrected chi connectivity index (χ3v) is 6.21. The second kappa shape index (κ2) is 11.1. The molecule has 0 spiro atoms. The van der Waals surface area contributed by atoms with E-state index in [9.17, 15) is 13.6 Å². The molecule has 180 valence electrons. The summed E-state index contributed by atoms with van der Waals surface area (Å²) in [6.07, 6.45) is 10.1. The maximum Gasteiger partial charge on any atom is 0.242 e. The van der Waals surface area contributed by atoms with Gasteiger partial charge >= 0.3 is 0 Å². The van der Waals surface area contributed by atoms with Gasteiger partial charge in [-0.25, -0.2) is 8.78 Å². The number of nitrogens with one attached hydrogen (secondary N) is 3. The SMILES string of the molecule is CNc1nc(NC(CC2CCCCC2)C(=O)NCc2ccc(F)cc2F)cc(-n2cccc2)n1. The molecule has 3 aromatic rings. The number of carbonyl (C=O) groups is 1. The largest absolute Gasteiger partial charge is 0.358 e. The van der Waals surface area contributed by atoms with E-state index in [1.165, 1.54) is 18.6 Å². The Morgan fingerprint density at radius 3 is 2.59 bits per heavy atom. The zero-order chi connectivity index (χ0) is 23.9. The normalized spacial score (nSPS) is 15.0. The summed E-state index contributed by atoms with van der Waals surface area (Å²) >= 11 is 0. The van der Waals surface area contributed by atoms with Gasteiger partial charge < -0.3 is 20.5 Å². The molecule has 1 amide bonds. The molecule has 4 rings (SSSR count). The second-order valence-corrected chi connectivity index (χ2v) is 8.67. The molecule has 0 bridgehead atoms. The van der Waals surface area contributed by atoms with Crippen molar-refractivity contribution in [2.45, 2.75) is 51.1 Å². The molecule has 1 saturated carbocycles. The van der Waals surface area contributed by atoms with Crippen LogP contribution < -0.4 is 16.0 Å². The molecule has 2 heterocycles. The van der Waals surface area contributed by atoms with Crippen LogP contribution in [0.5, 0.6) is 0 Å². The van der Waals surface area contributed by atoms with Crippen LogP contribution in [0, 0.1) is 17.6 Å². The molecule has 1 aliphatic carbocycles. The third kappa shape index (κ3) is 6.09. The molecule has 1 aromatic carbocycles. The summed E-state index contributed by atoms with van der Waals surface area (Å²) < 4.78 is 29.1. The zero-order valence-electron chi connectivity index (χ0n) is 19.2. The number of hydrogen-bond donors (Lipinski definition) is 3. The number of aromatic nitrogens is 3. The van der Waals surface area contributed by atoms with E-state index >= 15 is 0 Å². The maximum atomic E-state index is 14.1. The average Bonchev–Trinajstić information content (AvgIpc) is 3.38. The molecule has 1 fully saturated rings. The van der Waals surface area contributed by atoms with Crippen molar-refractivity contribution in [3.05, 3.63) is 66.0 Å². The van der Waals surface area contributed by atoms with Crippen molar-refractivity contribution in [3.8, 4) is 5.82 Å². The summed E-state index contributed by atoms with van der Waals surface area (Å²) in [6.45, 7) is -0.0199. The Kier molecular flexibility index (Phi) is 7.72. The van der Waals surface area contributed by atoms with Crippen molar-refractivity contribution in [3.63, 3.8) is 0 Å². The lowest BCUT2D eigenvalue weighted by atomic mass is 9.84. The van der Waals surface area contributed by atoms with Crippen LogP contribution in [0.3, 0.4) is 0 Å². The quantitative estimate of drug-likeness (QED) is 0.426. The zero-order valence-corrected chi connectivity index (χ0v) is 19.2. The molecule has 2 aromatic heterocycles. The van der Waals surface area contributed by atoms with Gasteiger partial charge in [0, 0.05) is 43.7 Å². The fourth-order valence-corrected chi connectivity index (χ4v) is 4.38. The Balaban J connectivity index is 1.53. The first-order valence-corrected chi connectivity index (χ1v) is 11.7. The van der Waals surface area contributed by atoms with Crippen molar-refractivity contribution in [1.82, 2.24) is 19.9 Å². The van der Waals surface area contributed by atoms with Crippen molar-refractivity contribution >= 4 is 17.7 Å². The summed E-state index contributed by atoms with van der Waals surface area (Å²) in [5.74, 6) is 0.466. The smallest absolute Gasteiger partial charge is 0.242 e. The standard InChI is InChI=1S/C25H30F2N6O/c1-28-25-31-22(15-23(32-25)33-11-5-6-12-33)30-21(13-17-7-3-2-4-8-17)24(34)29-16-18-9-10-19(26)14-20(18)27/h5-6,9-12,14-15,17,21H,2-4,7-8,13,16H2,1H3,(H,29,34)(H2,28,30,31,32). The van der Waals surface area contributed by atoms with Gasteiger partial charge in [0.05, 0.1) is 0 Å². The second-order valence-electron chi connectivity index (χ2n) is 8.67. The highest BCUT2D eigenvalue weighted by molar-refractivity contribution is 5.84. The summed E-state index contributed by atoms with van der Waals surface area (Å²) in [4.78, 5) is 22.2. The molecular weight excluding hydrogens is 438 g/mol. The van der Waals surface area contributed by atoms with E-state index in [-0.39, 0.29) is 18.0 Å². The van der Waals surface area contributed by atoms with Crippen LogP contribution in [-0.2, 0) is 11.3 Å². The lowest BCUT2D eigenvalue weighted by Gasteiger charge is -2.27. The van der Waals surface area contributed by atoms with E-state index < -0.39 is 17.7 Å². The van der Waals surface area contributed by atoms with Crippen LogP contribution >= 0.6 is 0 Å². The van der Waals surface area contributed by atoms with Gasteiger partial charge in [0.2, 0.25) is 11.9 Å². The number of anilines is 2. The van der Waals surface area contributed by atoms with Gasteiger partial charge in [-0.05, 0) is 30.5 Å². The van der Waals surface area contributed by atoms with Crippen LogP contribution in [-0.4, -0.2) is 33.5 Å². The van der Waals surface area contributed by atoms with Crippen molar-refractivity contribution in [2.75, 3.05) is 17.7 Å². The van der Waals surface area contributed by atoms with Crippen LogP contribution in [0.1, 0.15) is 44.1 Å². The van der Waals surface area contributed by atoms with Gasteiger partial charge in [-0.15, -0.1) is 0 Å². The minimum Gasteiger partial charge on any atom is -0.358 e. The molecule has 7 nitrogen and oxygen atoms in total. The molecule has 3 N–H and O–H groups in total. The molecule has 9 heteroatoms. The molecule has 0 saturated heterocycles. The van der Waals surface area contributed by atoms with E-state index in [4.69, 9.17) is 0 Å². The van der Waals surface area contributed by atoms with Gasteiger partial charge in [0.25, 0.3) is 0 Å². The Bertz CT molecular complexity index is 1100. The predicted molar refractivity (Wildman–Crippen MR) is 128 cm³/mol. The number of halogens is 2. The Hall–Kier alpha value is -3.49.